The molecule has 2 saturated heterocycles. The van der Waals surface area contributed by atoms with Crippen LogP contribution < -0.4 is 4.74 Å². The molecule has 1 N–H and O–H groups in total. The van der Waals surface area contributed by atoms with Crippen molar-refractivity contribution in [2.24, 2.45) is 0 Å². The Morgan fingerprint density at radius 1 is 1.00 bits per heavy atom. The highest BCUT2D eigenvalue weighted by molar-refractivity contribution is 5.94. The van der Waals surface area contributed by atoms with E-state index >= 15 is 0 Å². The number of carboxylic acid groups (broad SMARTS) is 1. The minimum Gasteiger partial charge on any atom is -0.478 e. The van der Waals surface area contributed by atoms with Crippen LogP contribution in [0.5, 0.6) is 5.88 Å². The normalized spacial score (nSPS) is 17.8. The number of aromatic carboxylic acids is 1. The summed E-state index contributed by atoms with van der Waals surface area (Å²) >= 11 is 0. The Morgan fingerprint density at radius 3 is 2.54 bits per heavy atom. The SMILES string of the molecule is CC(=O)c1cccc(COc2cccc(C3CCN(Cc4nc5ccc(C(=O)O)cc5n4CC4CCO4)CC3)n2)c1. The second-order valence-electron chi connectivity index (χ2n) is 10.9. The van der Waals surface area contributed by atoms with Gasteiger partial charge in [-0.1, -0.05) is 24.3 Å². The number of likely N-dealkylation sites (tertiary alicyclic amines) is 1. The lowest BCUT2D eigenvalue weighted by Crippen LogP contribution is -2.35. The summed E-state index contributed by atoms with van der Waals surface area (Å²) in [6.07, 6.45) is 3.10. The Labute approximate surface area is 238 Å². The second-order valence-corrected chi connectivity index (χ2v) is 10.9. The molecule has 6 rings (SSSR count). The Morgan fingerprint density at radius 2 is 1.80 bits per heavy atom. The summed E-state index contributed by atoms with van der Waals surface area (Å²) in [6, 6.07) is 18.6. The molecule has 0 amide bonds. The lowest BCUT2D eigenvalue weighted by atomic mass is 9.93. The van der Waals surface area contributed by atoms with Crippen molar-refractivity contribution in [2.45, 2.75) is 57.9 Å². The number of fused-ring (bicyclic) bond motifs is 1. The van der Waals surface area contributed by atoms with E-state index in [1.807, 2.05) is 36.4 Å². The predicted molar refractivity (Wildman–Crippen MR) is 153 cm³/mol. The van der Waals surface area contributed by atoms with Crippen LogP contribution >= 0.6 is 0 Å². The molecule has 4 heterocycles. The summed E-state index contributed by atoms with van der Waals surface area (Å²) in [4.78, 5) is 35.4. The van der Waals surface area contributed by atoms with Crippen LogP contribution in [0, 0.1) is 0 Å². The second kappa shape index (κ2) is 11.8. The fourth-order valence-corrected chi connectivity index (χ4v) is 5.62. The maximum absolute atomic E-state index is 11.7. The van der Waals surface area contributed by atoms with Crippen LogP contribution in [0.15, 0.2) is 60.7 Å². The number of nitrogens with zero attached hydrogens (tertiary/aromatic N) is 4. The molecule has 0 bridgehead atoms. The minimum absolute atomic E-state index is 0.0373. The number of Topliss-reactive ketones (excluding diaryl/α,β-unsaturated/α-hetero) is 1. The van der Waals surface area contributed by atoms with Crippen molar-refractivity contribution in [1.82, 2.24) is 19.4 Å². The first-order valence-corrected chi connectivity index (χ1v) is 14.2. The number of benzene rings is 2. The molecular weight excluding hydrogens is 520 g/mol. The number of hydrogen-bond acceptors (Lipinski definition) is 7. The number of ether oxygens (including phenoxy) is 2. The van der Waals surface area contributed by atoms with Crippen LogP contribution in [0.25, 0.3) is 11.0 Å². The van der Waals surface area contributed by atoms with Crippen molar-refractivity contribution in [3.8, 4) is 5.88 Å². The molecular formula is C32H34N4O5. The largest absolute Gasteiger partial charge is 0.478 e. The molecule has 4 aromatic rings. The molecule has 41 heavy (non-hydrogen) atoms. The zero-order valence-corrected chi connectivity index (χ0v) is 23.2. The lowest BCUT2D eigenvalue weighted by Gasteiger charge is -2.32. The van der Waals surface area contributed by atoms with E-state index in [-0.39, 0.29) is 17.5 Å². The summed E-state index contributed by atoms with van der Waals surface area (Å²) in [5, 5.41) is 9.50. The third-order valence-electron chi connectivity index (χ3n) is 8.09. The molecule has 0 radical (unpaired) electrons. The number of carbonyl (C=O) groups excluding carboxylic acids is 1. The number of piperidine rings is 1. The quantitative estimate of drug-likeness (QED) is 0.271. The van der Waals surface area contributed by atoms with Crippen LogP contribution in [-0.4, -0.2) is 62.1 Å². The molecule has 2 aromatic carbocycles. The summed E-state index contributed by atoms with van der Waals surface area (Å²) < 4.78 is 13.8. The Hall–Kier alpha value is -4.08. The number of aromatic nitrogens is 3. The third-order valence-corrected chi connectivity index (χ3v) is 8.09. The van der Waals surface area contributed by atoms with Crippen LogP contribution in [0.2, 0.25) is 0 Å². The highest BCUT2D eigenvalue weighted by Gasteiger charge is 2.26. The number of carbonyl (C=O) groups is 2. The first kappa shape index (κ1) is 27.1. The van der Waals surface area contributed by atoms with Crippen molar-refractivity contribution < 1.29 is 24.2 Å². The van der Waals surface area contributed by atoms with Crippen molar-refractivity contribution in [3.05, 3.63) is 88.9 Å². The number of hydrogen-bond donors (Lipinski definition) is 1. The maximum Gasteiger partial charge on any atom is 0.335 e. The Kier molecular flexibility index (Phi) is 7.80. The maximum atomic E-state index is 11.7. The van der Waals surface area contributed by atoms with Crippen LogP contribution in [0.1, 0.15) is 69.9 Å². The molecule has 2 aliphatic rings. The van der Waals surface area contributed by atoms with Crippen LogP contribution in [0.4, 0.5) is 0 Å². The first-order valence-electron chi connectivity index (χ1n) is 14.2. The number of ketones is 1. The van der Waals surface area contributed by atoms with E-state index in [2.05, 4.69) is 15.5 Å². The fourth-order valence-electron chi connectivity index (χ4n) is 5.62. The molecule has 1 unspecified atom stereocenters. The zero-order valence-electron chi connectivity index (χ0n) is 23.2. The molecule has 2 aromatic heterocycles. The molecule has 0 saturated carbocycles. The third kappa shape index (κ3) is 6.16. The minimum atomic E-state index is -0.937. The van der Waals surface area contributed by atoms with Gasteiger partial charge in [-0.3, -0.25) is 9.69 Å². The van der Waals surface area contributed by atoms with E-state index in [9.17, 15) is 14.7 Å². The van der Waals surface area contributed by atoms with E-state index in [1.165, 1.54) is 0 Å². The molecule has 0 spiro atoms. The van der Waals surface area contributed by atoms with Crippen molar-refractivity contribution in [2.75, 3.05) is 19.7 Å². The molecule has 212 valence electrons. The summed E-state index contributed by atoms with van der Waals surface area (Å²) in [7, 11) is 0. The van der Waals surface area contributed by atoms with E-state index in [4.69, 9.17) is 19.4 Å². The molecule has 9 heteroatoms. The lowest BCUT2D eigenvalue weighted by molar-refractivity contribution is -0.0592. The number of pyridine rings is 1. The average Bonchev–Trinajstić information content (AvgIpc) is 3.30. The molecule has 9 nitrogen and oxygen atoms in total. The average molecular weight is 555 g/mol. The number of imidazole rings is 1. The number of rotatable bonds is 10. The van der Waals surface area contributed by atoms with Gasteiger partial charge in [0.05, 0.1) is 35.8 Å². The molecule has 2 fully saturated rings. The molecule has 1 atom stereocenters. The van der Waals surface area contributed by atoms with Crippen molar-refractivity contribution >= 4 is 22.8 Å². The van der Waals surface area contributed by atoms with Gasteiger partial charge in [0.15, 0.2) is 5.78 Å². The van der Waals surface area contributed by atoms with Gasteiger partial charge in [0.1, 0.15) is 12.4 Å². The highest BCUT2D eigenvalue weighted by atomic mass is 16.5. The van der Waals surface area contributed by atoms with Gasteiger partial charge in [0.25, 0.3) is 0 Å². The van der Waals surface area contributed by atoms with Crippen LogP contribution in [0.3, 0.4) is 0 Å². The van der Waals surface area contributed by atoms with Gasteiger partial charge in [-0.25, -0.2) is 14.8 Å². The summed E-state index contributed by atoms with van der Waals surface area (Å²) in [5.74, 6) is 0.976. The molecule has 2 aliphatic heterocycles. The highest BCUT2D eigenvalue weighted by Crippen LogP contribution is 2.30. The van der Waals surface area contributed by atoms with E-state index < -0.39 is 5.97 Å². The Balaban J connectivity index is 1.10. The molecule has 0 aliphatic carbocycles. The van der Waals surface area contributed by atoms with Gasteiger partial charge < -0.3 is 19.1 Å². The Bertz CT molecular complexity index is 1570. The van der Waals surface area contributed by atoms with Gasteiger partial charge in [-0.2, -0.15) is 0 Å². The smallest absolute Gasteiger partial charge is 0.335 e. The van der Waals surface area contributed by atoms with E-state index in [1.54, 1.807) is 25.1 Å². The fraction of sp³-hybridized carbons (Fsp3) is 0.375. The number of carboxylic acids is 1. The van der Waals surface area contributed by atoms with Crippen molar-refractivity contribution in [1.29, 1.82) is 0 Å². The summed E-state index contributed by atoms with van der Waals surface area (Å²) in [5.41, 5.74) is 4.58. The van der Waals surface area contributed by atoms with Crippen molar-refractivity contribution in [3.63, 3.8) is 0 Å². The van der Waals surface area contributed by atoms with Gasteiger partial charge in [-0.05, 0) is 75.2 Å². The zero-order chi connectivity index (χ0) is 28.3. The standard InChI is InChI=1S/C32H34N4O5/c1-21(37)24-5-2-4-22(16-24)20-41-31-7-3-6-27(34-31)23-10-13-35(14-11-23)19-30-33-28-9-8-25(32(38)39)17-29(28)36(30)18-26-12-15-40-26/h2-9,16-17,23,26H,10-15,18-20H2,1H3,(H,38,39). The topological polar surface area (TPSA) is 107 Å². The predicted octanol–water partition coefficient (Wildman–Crippen LogP) is 5.08. The first-order chi connectivity index (χ1) is 19.9. The van der Waals surface area contributed by atoms with Gasteiger partial charge >= 0.3 is 5.97 Å². The van der Waals surface area contributed by atoms with E-state index in [0.29, 0.717) is 37.1 Å². The van der Waals surface area contributed by atoms with E-state index in [0.717, 1.165) is 67.1 Å². The van der Waals surface area contributed by atoms with Gasteiger partial charge in [0.2, 0.25) is 5.88 Å². The van der Waals surface area contributed by atoms with Crippen LogP contribution in [-0.2, 0) is 24.4 Å². The van der Waals surface area contributed by atoms with Gasteiger partial charge in [0, 0.05) is 29.8 Å². The summed E-state index contributed by atoms with van der Waals surface area (Å²) in [6.45, 7) is 5.91. The monoisotopic (exact) mass is 554 g/mol. The van der Waals surface area contributed by atoms with Gasteiger partial charge in [-0.15, -0.1) is 0 Å².